The van der Waals surface area contributed by atoms with E-state index in [0.717, 1.165) is 29.0 Å². The normalized spacial score (nSPS) is 12.4. The first kappa shape index (κ1) is 18.8. The molecule has 0 aliphatic heterocycles. The maximum atomic E-state index is 13.0. The van der Waals surface area contributed by atoms with Gasteiger partial charge in [-0.1, -0.05) is 37.8 Å². The van der Waals surface area contributed by atoms with Crippen LogP contribution < -0.4 is 4.90 Å². The smallest absolute Gasteiger partial charge is 0.415 e. The number of rotatable bonds is 5. The molecule has 0 spiro atoms. The van der Waals surface area contributed by atoms with Crippen molar-refractivity contribution in [3.8, 4) is 0 Å². The number of anilines is 1. The van der Waals surface area contributed by atoms with Crippen LogP contribution in [-0.2, 0) is 6.42 Å². The maximum Gasteiger partial charge on any atom is 0.415 e. The van der Waals surface area contributed by atoms with Gasteiger partial charge in [-0.15, -0.1) is 0 Å². The molecular weight excluding hydrogens is 351 g/mol. The molecule has 0 aliphatic carbocycles. The average Bonchev–Trinajstić information content (AvgIpc) is 3.18. The molecule has 0 atom stereocenters. The van der Waals surface area contributed by atoms with E-state index < -0.39 is 11.7 Å². The second-order valence-electron chi connectivity index (χ2n) is 6.31. The molecular formula is C22H20F3NO. The van der Waals surface area contributed by atoms with Gasteiger partial charge in [0, 0.05) is 12.7 Å². The highest BCUT2D eigenvalue weighted by atomic mass is 19.4. The molecule has 2 aromatic carbocycles. The first-order chi connectivity index (χ1) is 12.8. The van der Waals surface area contributed by atoms with Gasteiger partial charge < -0.3 is 9.32 Å². The molecule has 3 aromatic rings. The summed E-state index contributed by atoms with van der Waals surface area (Å²) >= 11 is 0. The highest BCUT2D eigenvalue weighted by Crippen LogP contribution is 2.32. The van der Waals surface area contributed by atoms with Crippen LogP contribution in [-0.4, -0.2) is 13.2 Å². The summed E-state index contributed by atoms with van der Waals surface area (Å²) in [4.78, 5) is 1.67. The Morgan fingerprint density at radius 1 is 1.11 bits per heavy atom. The van der Waals surface area contributed by atoms with Crippen molar-refractivity contribution in [2.24, 2.45) is 0 Å². The van der Waals surface area contributed by atoms with Gasteiger partial charge in [-0.2, -0.15) is 13.2 Å². The first-order valence-electron chi connectivity index (χ1n) is 8.57. The van der Waals surface area contributed by atoms with E-state index in [2.05, 4.69) is 25.6 Å². The number of allylic oxidation sites excluding steroid dienone is 2. The van der Waals surface area contributed by atoms with Crippen molar-refractivity contribution in [1.29, 1.82) is 0 Å². The number of benzene rings is 2. The average molecular weight is 371 g/mol. The van der Waals surface area contributed by atoms with Crippen molar-refractivity contribution in [3.63, 3.8) is 0 Å². The summed E-state index contributed by atoms with van der Waals surface area (Å²) in [5.41, 5.74) is 1.34. The van der Waals surface area contributed by atoms with Gasteiger partial charge in [-0.3, -0.25) is 0 Å². The van der Waals surface area contributed by atoms with Gasteiger partial charge in [0.2, 0.25) is 0 Å². The van der Waals surface area contributed by atoms with Crippen molar-refractivity contribution in [1.82, 2.24) is 0 Å². The number of halogens is 3. The maximum absolute atomic E-state index is 13.0. The summed E-state index contributed by atoms with van der Waals surface area (Å²) in [6.07, 6.45) is -1.12. The summed E-state index contributed by atoms with van der Waals surface area (Å²) in [5.74, 6) is 0.337. The van der Waals surface area contributed by atoms with Crippen molar-refractivity contribution < 1.29 is 17.6 Å². The van der Waals surface area contributed by atoms with E-state index >= 15 is 0 Å². The van der Waals surface area contributed by atoms with Gasteiger partial charge in [0.25, 0.3) is 0 Å². The second-order valence-corrected chi connectivity index (χ2v) is 6.31. The minimum absolute atomic E-state index is 0.284. The fourth-order valence-corrected chi connectivity index (χ4v) is 2.85. The van der Waals surface area contributed by atoms with Crippen LogP contribution in [0.4, 0.5) is 18.9 Å². The van der Waals surface area contributed by atoms with Crippen LogP contribution in [0.1, 0.15) is 18.2 Å². The summed E-state index contributed by atoms with van der Waals surface area (Å²) < 4.78 is 44.4. The second kappa shape index (κ2) is 7.35. The van der Waals surface area contributed by atoms with Crippen LogP contribution in [0.5, 0.6) is 0 Å². The molecule has 0 fully saturated rings. The largest absolute Gasteiger partial charge is 0.463 e. The lowest BCUT2D eigenvalue weighted by molar-refractivity contribution is -0.0877. The van der Waals surface area contributed by atoms with Gasteiger partial charge in [-0.25, -0.2) is 0 Å². The van der Waals surface area contributed by atoms with Gasteiger partial charge in [0.15, 0.2) is 0 Å². The SMILES string of the molecule is C=C(/C=C(/c1ccco1)N(C)c1ccc2cc(CC)ccc2c1)C(F)(F)F. The lowest BCUT2D eigenvalue weighted by atomic mass is 10.0. The Kier molecular flexibility index (Phi) is 5.13. The van der Waals surface area contributed by atoms with Crippen LogP contribution in [0.25, 0.3) is 16.5 Å². The Morgan fingerprint density at radius 3 is 2.44 bits per heavy atom. The Bertz CT molecular complexity index is 984. The molecule has 5 heteroatoms. The molecule has 0 amide bonds. The van der Waals surface area contributed by atoms with Crippen molar-refractivity contribution in [3.05, 3.63) is 84.3 Å². The molecule has 0 unspecified atom stereocenters. The highest BCUT2D eigenvalue weighted by molar-refractivity contribution is 5.89. The summed E-state index contributed by atoms with van der Waals surface area (Å²) in [5, 5.41) is 2.11. The van der Waals surface area contributed by atoms with E-state index in [0.29, 0.717) is 5.76 Å². The van der Waals surface area contributed by atoms with E-state index in [1.54, 1.807) is 24.1 Å². The topological polar surface area (TPSA) is 16.4 Å². The van der Waals surface area contributed by atoms with Gasteiger partial charge in [0.05, 0.1) is 17.5 Å². The van der Waals surface area contributed by atoms with Gasteiger partial charge in [-0.05, 0) is 53.1 Å². The van der Waals surface area contributed by atoms with Crippen LogP contribution in [0.15, 0.2) is 77.4 Å². The number of aryl methyl sites for hydroxylation is 1. The van der Waals surface area contributed by atoms with Crippen molar-refractivity contribution in [2.45, 2.75) is 19.5 Å². The zero-order valence-electron chi connectivity index (χ0n) is 15.2. The number of hydrogen-bond donors (Lipinski definition) is 0. The molecule has 0 saturated carbocycles. The predicted octanol–water partition coefficient (Wildman–Crippen LogP) is 6.59. The van der Waals surface area contributed by atoms with Crippen molar-refractivity contribution >= 4 is 22.2 Å². The fourth-order valence-electron chi connectivity index (χ4n) is 2.85. The summed E-state index contributed by atoms with van der Waals surface area (Å²) in [6, 6.07) is 15.3. The number of furan rings is 1. The molecule has 0 N–H and O–H groups in total. The zero-order chi connectivity index (χ0) is 19.6. The molecule has 0 radical (unpaired) electrons. The fraction of sp³-hybridized carbons (Fsp3) is 0.182. The molecule has 1 heterocycles. The van der Waals surface area contributed by atoms with E-state index in [4.69, 9.17) is 4.42 Å². The van der Waals surface area contributed by atoms with Crippen LogP contribution in [0.3, 0.4) is 0 Å². The van der Waals surface area contributed by atoms with Crippen LogP contribution >= 0.6 is 0 Å². The number of alkyl halides is 3. The predicted molar refractivity (Wildman–Crippen MR) is 104 cm³/mol. The monoisotopic (exact) mass is 371 g/mol. The van der Waals surface area contributed by atoms with Crippen molar-refractivity contribution in [2.75, 3.05) is 11.9 Å². The lowest BCUT2D eigenvalue weighted by Gasteiger charge is -2.23. The van der Waals surface area contributed by atoms with Crippen LogP contribution in [0.2, 0.25) is 0 Å². The van der Waals surface area contributed by atoms with E-state index in [-0.39, 0.29) is 5.70 Å². The quantitative estimate of drug-likeness (QED) is 0.470. The molecule has 0 aliphatic rings. The van der Waals surface area contributed by atoms with E-state index in [1.165, 1.54) is 11.8 Å². The molecule has 0 bridgehead atoms. The lowest BCUT2D eigenvalue weighted by Crippen LogP contribution is -2.17. The highest BCUT2D eigenvalue weighted by Gasteiger charge is 2.31. The first-order valence-corrected chi connectivity index (χ1v) is 8.57. The Labute approximate surface area is 156 Å². The third-order valence-corrected chi connectivity index (χ3v) is 4.49. The summed E-state index contributed by atoms with van der Waals surface area (Å²) in [6.45, 7) is 5.25. The summed E-state index contributed by atoms with van der Waals surface area (Å²) in [7, 11) is 1.71. The standard InChI is InChI=1S/C22H20F3NO/c1-4-16-7-8-18-14-19(10-9-17(18)13-16)26(3)20(21-6-5-11-27-21)12-15(2)22(23,24)25/h5-14H,2,4H2,1,3H3/b20-12-. The third-order valence-electron chi connectivity index (χ3n) is 4.49. The van der Waals surface area contributed by atoms with Gasteiger partial charge >= 0.3 is 6.18 Å². The molecule has 1 aromatic heterocycles. The minimum atomic E-state index is -4.50. The minimum Gasteiger partial charge on any atom is -0.463 e. The number of fused-ring (bicyclic) bond motifs is 1. The zero-order valence-corrected chi connectivity index (χ0v) is 15.2. The Hall–Kier alpha value is -2.95. The number of hydrogen-bond acceptors (Lipinski definition) is 2. The van der Waals surface area contributed by atoms with E-state index in [9.17, 15) is 13.2 Å². The molecule has 27 heavy (non-hydrogen) atoms. The number of nitrogens with zero attached hydrogens (tertiary/aromatic N) is 1. The molecule has 140 valence electrons. The molecule has 0 saturated heterocycles. The van der Waals surface area contributed by atoms with Gasteiger partial charge in [0.1, 0.15) is 5.76 Å². The molecule has 2 nitrogen and oxygen atoms in total. The third kappa shape index (κ3) is 4.08. The Morgan fingerprint density at radius 2 is 1.81 bits per heavy atom. The molecule has 3 rings (SSSR count). The van der Waals surface area contributed by atoms with Crippen LogP contribution in [0, 0.1) is 0 Å². The van der Waals surface area contributed by atoms with E-state index in [1.807, 2.05) is 24.3 Å². The Balaban J connectivity index is 2.03.